The van der Waals surface area contributed by atoms with E-state index in [-0.39, 0.29) is 22.3 Å². The van der Waals surface area contributed by atoms with E-state index >= 15 is 0 Å². The molecule has 0 aliphatic carbocycles. The van der Waals surface area contributed by atoms with Crippen LogP contribution < -0.4 is 5.56 Å². The summed E-state index contributed by atoms with van der Waals surface area (Å²) < 4.78 is 3.22. The second-order valence-corrected chi connectivity index (χ2v) is 9.40. The number of benzene rings is 2. The summed E-state index contributed by atoms with van der Waals surface area (Å²) in [4.78, 5) is 32.5. The van der Waals surface area contributed by atoms with Crippen molar-refractivity contribution in [2.75, 3.05) is 0 Å². The van der Waals surface area contributed by atoms with Crippen LogP contribution in [0.25, 0.3) is 28.1 Å². The van der Waals surface area contributed by atoms with Crippen LogP contribution in [0.15, 0.2) is 65.7 Å². The predicted octanol–water partition coefficient (Wildman–Crippen LogP) is 4.42. The van der Waals surface area contributed by atoms with Crippen LogP contribution in [0.2, 0.25) is 10.2 Å². The quantitative estimate of drug-likeness (QED) is 0.341. The number of carboxylic acids is 1. The average molecular weight is 534 g/mol. The van der Waals surface area contributed by atoms with E-state index in [4.69, 9.17) is 23.2 Å². The van der Waals surface area contributed by atoms with Crippen molar-refractivity contribution < 1.29 is 9.90 Å². The van der Waals surface area contributed by atoms with Crippen molar-refractivity contribution in [1.29, 1.82) is 0 Å². The third-order valence-electron chi connectivity index (χ3n) is 6.38. The highest BCUT2D eigenvalue weighted by Gasteiger charge is 2.29. The Kier molecular flexibility index (Phi) is 5.62. The number of carboxylic acid groups (broad SMARTS) is 1. The van der Waals surface area contributed by atoms with Gasteiger partial charge in [0.05, 0.1) is 17.3 Å². The van der Waals surface area contributed by atoms with Gasteiger partial charge in [-0.3, -0.25) is 4.79 Å². The van der Waals surface area contributed by atoms with E-state index in [0.717, 1.165) is 11.3 Å². The molecule has 2 aromatic carbocycles. The molecular formula is C25H17Cl2N7O3. The Morgan fingerprint density at radius 2 is 1.95 bits per heavy atom. The van der Waals surface area contributed by atoms with Gasteiger partial charge in [0, 0.05) is 27.9 Å². The van der Waals surface area contributed by atoms with Gasteiger partial charge >= 0.3 is 5.97 Å². The Labute approximate surface area is 219 Å². The van der Waals surface area contributed by atoms with Crippen molar-refractivity contribution in [3.05, 3.63) is 98.5 Å². The zero-order chi connectivity index (χ0) is 25.7. The zero-order valence-electron chi connectivity index (χ0n) is 19.0. The topological polar surface area (TPSA) is 132 Å². The Morgan fingerprint density at radius 3 is 2.73 bits per heavy atom. The van der Waals surface area contributed by atoms with E-state index in [2.05, 4.69) is 25.5 Å². The van der Waals surface area contributed by atoms with Crippen molar-refractivity contribution in [3.63, 3.8) is 0 Å². The molecular weight excluding hydrogens is 517 g/mol. The molecule has 0 bridgehead atoms. The normalized spacial score (nSPS) is 14.6. The number of carbonyl (C=O) groups is 1. The van der Waals surface area contributed by atoms with E-state index in [1.165, 1.54) is 23.1 Å². The highest BCUT2D eigenvalue weighted by Crippen LogP contribution is 2.36. The molecule has 0 saturated heterocycles. The average Bonchev–Trinajstić information content (AvgIpc) is 3.64. The number of hydrogen-bond acceptors (Lipinski definition) is 6. The zero-order valence-corrected chi connectivity index (χ0v) is 20.5. The fraction of sp³-hybridized carbons (Fsp3) is 0.120. The molecule has 5 aromatic rings. The van der Waals surface area contributed by atoms with Gasteiger partial charge in [-0.1, -0.05) is 35.3 Å². The Balaban J connectivity index is 1.40. The summed E-state index contributed by atoms with van der Waals surface area (Å²) in [6, 6.07) is 14.9. The lowest BCUT2D eigenvalue weighted by molar-refractivity contribution is 0.0697. The summed E-state index contributed by atoms with van der Waals surface area (Å²) in [6.07, 6.45) is 2.77. The van der Waals surface area contributed by atoms with Crippen molar-refractivity contribution in [2.24, 2.45) is 0 Å². The van der Waals surface area contributed by atoms with Crippen LogP contribution >= 0.6 is 23.2 Å². The van der Waals surface area contributed by atoms with Gasteiger partial charge in [-0.05, 0) is 65.2 Å². The number of fused-ring (bicyclic) bond motifs is 1. The summed E-state index contributed by atoms with van der Waals surface area (Å²) in [7, 11) is 0. The number of tetrazole rings is 1. The molecule has 37 heavy (non-hydrogen) atoms. The van der Waals surface area contributed by atoms with Gasteiger partial charge in [0.15, 0.2) is 0 Å². The second kappa shape index (κ2) is 8.99. The summed E-state index contributed by atoms with van der Waals surface area (Å²) in [6.45, 7) is 0. The Morgan fingerprint density at radius 1 is 1.08 bits per heavy atom. The van der Waals surface area contributed by atoms with E-state index in [0.29, 0.717) is 46.2 Å². The number of aromatic amines is 1. The fourth-order valence-corrected chi connectivity index (χ4v) is 5.16. The Hall–Kier alpha value is -4.28. The SMILES string of the molecule is O=C(O)c1cccc(-c2nc([C@@H]3CCc4cc(-c5cc(Cl)ccc5-n5cnnn5)cc(=O)n43)[nH]c2Cl)c1. The molecule has 10 nitrogen and oxygen atoms in total. The number of aromatic carboxylic acids is 1. The van der Waals surface area contributed by atoms with Crippen LogP contribution in [0.4, 0.5) is 0 Å². The van der Waals surface area contributed by atoms with Crippen LogP contribution in [0.3, 0.4) is 0 Å². The number of nitrogens with one attached hydrogen (secondary N) is 1. The lowest BCUT2D eigenvalue weighted by Crippen LogP contribution is -2.24. The summed E-state index contributed by atoms with van der Waals surface area (Å²) in [5, 5.41) is 21.5. The fourth-order valence-electron chi connectivity index (χ4n) is 4.74. The van der Waals surface area contributed by atoms with Crippen LogP contribution in [0, 0.1) is 0 Å². The molecule has 3 aromatic heterocycles. The smallest absolute Gasteiger partial charge is 0.335 e. The summed E-state index contributed by atoms with van der Waals surface area (Å²) >= 11 is 12.7. The molecule has 4 heterocycles. The molecule has 1 aliphatic rings. The van der Waals surface area contributed by atoms with Gasteiger partial charge < -0.3 is 14.7 Å². The van der Waals surface area contributed by atoms with E-state index in [1.807, 2.05) is 6.07 Å². The number of nitrogens with zero attached hydrogens (tertiary/aromatic N) is 6. The molecule has 0 amide bonds. The minimum absolute atomic E-state index is 0.134. The van der Waals surface area contributed by atoms with Crippen molar-refractivity contribution in [3.8, 4) is 28.1 Å². The number of imidazole rings is 1. The maximum absolute atomic E-state index is 13.4. The largest absolute Gasteiger partial charge is 0.478 e. The van der Waals surface area contributed by atoms with Gasteiger partial charge in [0.2, 0.25) is 0 Å². The standard InChI is InChI=1S/C25H17Cl2N7O3/c26-16-4-6-19(33-12-28-31-32-33)18(11-16)15-9-17-5-7-20(34(17)21(35)10-15)24-29-22(23(27)30-24)13-2-1-3-14(8-13)25(36)37/h1-4,6,8-12,20H,5,7H2,(H,29,30)(H,36,37)/t20-/m0/s1. The van der Waals surface area contributed by atoms with Gasteiger partial charge in [0.1, 0.15) is 23.0 Å². The number of aryl methyl sites for hydroxylation is 1. The first-order chi connectivity index (χ1) is 17.9. The number of H-pyrrole nitrogens is 1. The lowest BCUT2D eigenvalue weighted by atomic mass is 10.0. The number of halogens is 2. The highest BCUT2D eigenvalue weighted by atomic mass is 35.5. The maximum atomic E-state index is 13.4. The second-order valence-electron chi connectivity index (χ2n) is 8.58. The first-order valence-electron chi connectivity index (χ1n) is 11.3. The molecule has 184 valence electrons. The summed E-state index contributed by atoms with van der Waals surface area (Å²) in [5.41, 5.74) is 3.91. The monoisotopic (exact) mass is 533 g/mol. The summed E-state index contributed by atoms with van der Waals surface area (Å²) in [5.74, 6) is -0.504. The first-order valence-corrected chi connectivity index (χ1v) is 12.0. The number of rotatable bonds is 5. The number of aromatic nitrogens is 7. The third kappa shape index (κ3) is 4.09. The van der Waals surface area contributed by atoms with Crippen molar-refractivity contribution in [1.82, 2.24) is 34.7 Å². The molecule has 0 saturated carbocycles. The first kappa shape index (κ1) is 23.1. The van der Waals surface area contributed by atoms with Crippen LogP contribution in [-0.4, -0.2) is 45.8 Å². The van der Waals surface area contributed by atoms with Gasteiger partial charge in [-0.25, -0.2) is 9.78 Å². The van der Waals surface area contributed by atoms with E-state index < -0.39 is 5.97 Å². The molecule has 0 spiro atoms. The van der Waals surface area contributed by atoms with Crippen LogP contribution in [-0.2, 0) is 6.42 Å². The van der Waals surface area contributed by atoms with Gasteiger partial charge in [-0.2, -0.15) is 4.68 Å². The molecule has 6 rings (SSSR count). The predicted molar refractivity (Wildman–Crippen MR) is 136 cm³/mol. The van der Waals surface area contributed by atoms with Crippen LogP contribution in [0.5, 0.6) is 0 Å². The highest BCUT2D eigenvalue weighted by molar-refractivity contribution is 6.32. The third-order valence-corrected chi connectivity index (χ3v) is 6.88. The molecule has 1 atom stereocenters. The molecule has 1 aliphatic heterocycles. The van der Waals surface area contributed by atoms with E-state index in [9.17, 15) is 14.7 Å². The minimum atomic E-state index is -1.04. The van der Waals surface area contributed by atoms with Crippen LogP contribution in [0.1, 0.15) is 34.3 Å². The molecule has 2 N–H and O–H groups in total. The number of hydrogen-bond donors (Lipinski definition) is 2. The van der Waals surface area contributed by atoms with Gasteiger partial charge in [-0.15, -0.1) is 5.10 Å². The van der Waals surface area contributed by atoms with Crippen molar-refractivity contribution >= 4 is 29.2 Å². The lowest BCUT2D eigenvalue weighted by Gasteiger charge is -2.15. The van der Waals surface area contributed by atoms with Crippen molar-refractivity contribution in [2.45, 2.75) is 18.9 Å². The van der Waals surface area contributed by atoms with Gasteiger partial charge in [0.25, 0.3) is 5.56 Å². The molecule has 0 radical (unpaired) electrons. The minimum Gasteiger partial charge on any atom is -0.478 e. The molecule has 0 fully saturated rings. The Bertz CT molecular complexity index is 1730. The molecule has 0 unspecified atom stereocenters. The van der Waals surface area contributed by atoms with E-state index in [1.54, 1.807) is 41.0 Å². The maximum Gasteiger partial charge on any atom is 0.335 e. The molecule has 12 heteroatoms. The number of pyridine rings is 1.